The van der Waals surface area contributed by atoms with Gasteiger partial charge in [-0.25, -0.2) is 8.42 Å². The summed E-state index contributed by atoms with van der Waals surface area (Å²) in [5.41, 5.74) is 1.23. The molecule has 0 spiro atoms. The number of methoxy groups -OCH3 is 1. The van der Waals surface area contributed by atoms with E-state index in [1.54, 1.807) is 32.2 Å². The number of piperidine rings is 1. The Morgan fingerprint density at radius 2 is 2.03 bits per heavy atom. The predicted molar refractivity (Wildman–Crippen MR) is 125 cm³/mol. The number of carbonyl (C=O) groups excluding carboxylic acids is 1. The van der Waals surface area contributed by atoms with Gasteiger partial charge >= 0.3 is 0 Å². The van der Waals surface area contributed by atoms with Crippen LogP contribution in [0.1, 0.15) is 35.6 Å². The summed E-state index contributed by atoms with van der Waals surface area (Å²) in [6, 6.07) is 11.0. The van der Waals surface area contributed by atoms with Crippen molar-refractivity contribution in [1.82, 2.24) is 14.8 Å². The predicted octanol–water partition coefficient (Wildman–Crippen LogP) is 3.47. The first-order valence-corrected chi connectivity index (χ1v) is 12.4. The minimum absolute atomic E-state index is 0.0382. The van der Waals surface area contributed by atoms with Crippen molar-refractivity contribution in [2.45, 2.75) is 31.2 Å². The van der Waals surface area contributed by atoms with Crippen LogP contribution in [0.5, 0.6) is 5.75 Å². The number of sulfonamides is 1. The molecular formula is C24H27N3O6S. The van der Waals surface area contributed by atoms with Gasteiger partial charge in [-0.05, 0) is 61.7 Å². The average molecular weight is 486 g/mol. The van der Waals surface area contributed by atoms with Crippen LogP contribution in [-0.4, -0.2) is 44.0 Å². The van der Waals surface area contributed by atoms with Crippen molar-refractivity contribution in [2.24, 2.45) is 5.92 Å². The highest BCUT2D eigenvalue weighted by Gasteiger charge is 2.35. The summed E-state index contributed by atoms with van der Waals surface area (Å²) in [6.45, 7) is 2.47. The maximum Gasteiger partial charge on any atom is 0.248 e. The SMILES string of the molecule is COc1cccc(CNC(=O)C2CCN(S(=O)(=O)c3c(C)noc3C=Cc3ccco3)CC2)c1. The van der Waals surface area contributed by atoms with Crippen molar-refractivity contribution >= 4 is 28.1 Å². The second-order valence-electron chi connectivity index (χ2n) is 8.06. The fraction of sp³-hybridized carbons (Fsp3) is 0.333. The Balaban J connectivity index is 1.38. The van der Waals surface area contributed by atoms with Crippen molar-refractivity contribution in [1.29, 1.82) is 0 Å². The summed E-state index contributed by atoms with van der Waals surface area (Å²) in [5, 5.41) is 6.79. The molecule has 1 aromatic carbocycles. The molecule has 4 rings (SSSR count). The molecule has 9 nitrogen and oxygen atoms in total. The Morgan fingerprint density at radius 1 is 1.24 bits per heavy atom. The summed E-state index contributed by atoms with van der Waals surface area (Å²) in [7, 11) is -2.24. The van der Waals surface area contributed by atoms with Crippen molar-refractivity contribution in [3.63, 3.8) is 0 Å². The quantitative estimate of drug-likeness (QED) is 0.519. The highest BCUT2D eigenvalue weighted by atomic mass is 32.2. The molecule has 1 aliphatic rings. The molecule has 3 aromatic rings. The number of carbonyl (C=O) groups is 1. The van der Waals surface area contributed by atoms with Gasteiger partial charge in [0.1, 0.15) is 17.2 Å². The standard InChI is InChI=1S/C24H27N3O6S/c1-17-23(22(33-26-17)9-8-20-7-4-14-32-20)34(29,30)27-12-10-19(11-13-27)24(28)25-16-18-5-3-6-21(15-18)31-2/h3-9,14-15,19H,10-13,16H2,1-2H3,(H,25,28). The first kappa shape index (κ1) is 23.8. The van der Waals surface area contributed by atoms with Gasteiger partial charge in [-0.3, -0.25) is 4.79 Å². The lowest BCUT2D eigenvalue weighted by molar-refractivity contribution is -0.126. The van der Waals surface area contributed by atoms with Crippen molar-refractivity contribution in [3.05, 3.63) is 65.4 Å². The molecule has 0 bridgehead atoms. The maximum absolute atomic E-state index is 13.4. The largest absolute Gasteiger partial charge is 0.497 e. The lowest BCUT2D eigenvalue weighted by atomic mass is 9.97. The van der Waals surface area contributed by atoms with Gasteiger partial charge in [0.05, 0.1) is 13.4 Å². The fourth-order valence-corrected chi connectivity index (χ4v) is 5.67. The number of nitrogens with one attached hydrogen (secondary N) is 1. The lowest BCUT2D eigenvalue weighted by Gasteiger charge is -2.30. The van der Waals surface area contributed by atoms with Gasteiger partial charge in [0.15, 0.2) is 10.7 Å². The molecule has 10 heteroatoms. The molecule has 0 aliphatic carbocycles. The Hall–Kier alpha value is -3.37. The van der Waals surface area contributed by atoms with Crippen LogP contribution < -0.4 is 10.1 Å². The van der Waals surface area contributed by atoms with Crippen LogP contribution in [0.15, 0.2) is 56.5 Å². The third-order valence-corrected chi connectivity index (χ3v) is 7.86. The number of hydrogen-bond acceptors (Lipinski definition) is 7. The second kappa shape index (κ2) is 10.3. The van der Waals surface area contributed by atoms with Crippen molar-refractivity contribution < 1.29 is 26.9 Å². The molecule has 0 atom stereocenters. The molecule has 1 amide bonds. The number of furan rings is 1. The topological polar surface area (TPSA) is 115 Å². The molecule has 1 saturated heterocycles. The van der Waals surface area contributed by atoms with E-state index in [1.165, 1.54) is 16.6 Å². The van der Waals surface area contributed by atoms with E-state index >= 15 is 0 Å². The van der Waals surface area contributed by atoms with Crippen LogP contribution in [0.25, 0.3) is 12.2 Å². The van der Waals surface area contributed by atoms with Crippen LogP contribution in [-0.2, 0) is 21.4 Å². The van der Waals surface area contributed by atoms with Crippen LogP contribution >= 0.6 is 0 Å². The van der Waals surface area contributed by atoms with E-state index in [0.29, 0.717) is 25.1 Å². The number of aryl methyl sites for hydroxylation is 1. The first-order chi connectivity index (χ1) is 16.4. The molecule has 1 aliphatic heterocycles. The summed E-state index contributed by atoms with van der Waals surface area (Å²) < 4.78 is 43.8. The molecule has 3 heterocycles. The summed E-state index contributed by atoms with van der Waals surface area (Å²) in [4.78, 5) is 12.7. The number of ether oxygens (including phenoxy) is 1. The van der Waals surface area contributed by atoms with Crippen LogP contribution in [0, 0.1) is 12.8 Å². The van der Waals surface area contributed by atoms with Crippen LogP contribution in [0.3, 0.4) is 0 Å². The summed E-state index contributed by atoms with van der Waals surface area (Å²) >= 11 is 0. The molecule has 0 saturated carbocycles. The number of aromatic nitrogens is 1. The van der Waals surface area contributed by atoms with Gasteiger partial charge in [-0.2, -0.15) is 4.31 Å². The number of amides is 1. The van der Waals surface area contributed by atoms with E-state index in [4.69, 9.17) is 13.7 Å². The van der Waals surface area contributed by atoms with E-state index in [1.807, 2.05) is 24.3 Å². The molecule has 1 fully saturated rings. The third kappa shape index (κ3) is 5.23. The Morgan fingerprint density at radius 3 is 2.74 bits per heavy atom. The molecule has 180 valence electrons. The first-order valence-electron chi connectivity index (χ1n) is 11.0. The second-order valence-corrected chi connectivity index (χ2v) is 9.93. The fourth-order valence-electron chi connectivity index (χ4n) is 3.95. The summed E-state index contributed by atoms with van der Waals surface area (Å²) in [6.07, 6.45) is 5.55. The number of rotatable bonds is 8. The minimum Gasteiger partial charge on any atom is -0.497 e. The minimum atomic E-state index is -3.83. The van der Waals surface area contributed by atoms with E-state index in [0.717, 1.165) is 11.3 Å². The number of hydrogen-bond donors (Lipinski definition) is 1. The van der Waals surface area contributed by atoms with Gasteiger partial charge in [-0.1, -0.05) is 17.3 Å². The molecule has 2 aromatic heterocycles. The highest BCUT2D eigenvalue weighted by Crippen LogP contribution is 2.29. The summed E-state index contributed by atoms with van der Waals surface area (Å²) in [5.74, 6) is 1.11. The van der Waals surface area contributed by atoms with Gasteiger partial charge < -0.3 is 19.0 Å². The zero-order valence-corrected chi connectivity index (χ0v) is 19.9. The van der Waals surface area contributed by atoms with E-state index in [9.17, 15) is 13.2 Å². The van der Waals surface area contributed by atoms with Crippen LogP contribution in [0.4, 0.5) is 0 Å². The molecular weight excluding hydrogens is 458 g/mol. The zero-order valence-electron chi connectivity index (χ0n) is 19.1. The van der Waals surface area contributed by atoms with Gasteiger partial charge in [0.2, 0.25) is 15.9 Å². The molecule has 34 heavy (non-hydrogen) atoms. The van der Waals surface area contributed by atoms with Crippen molar-refractivity contribution in [2.75, 3.05) is 20.2 Å². The zero-order chi connectivity index (χ0) is 24.1. The third-order valence-electron chi connectivity index (χ3n) is 5.80. The molecule has 0 radical (unpaired) electrons. The lowest BCUT2D eigenvalue weighted by Crippen LogP contribution is -2.43. The van der Waals surface area contributed by atoms with Gasteiger partial charge in [-0.15, -0.1) is 0 Å². The van der Waals surface area contributed by atoms with Crippen LogP contribution in [0.2, 0.25) is 0 Å². The number of benzene rings is 1. The van der Waals surface area contributed by atoms with Gasteiger partial charge in [0, 0.05) is 25.6 Å². The molecule has 0 unspecified atom stereocenters. The number of nitrogens with zero attached hydrogens (tertiary/aromatic N) is 2. The Labute approximate surface area is 198 Å². The van der Waals surface area contributed by atoms with E-state index in [-0.39, 0.29) is 41.3 Å². The van der Waals surface area contributed by atoms with E-state index < -0.39 is 10.0 Å². The molecule has 1 N–H and O–H groups in total. The Kier molecular flexibility index (Phi) is 7.18. The Bertz CT molecular complexity index is 1260. The average Bonchev–Trinajstić information content (AvgIpc) is 3.51. The van der Waals surface area contributed by atoms with Crippen molar-refractivity contribution in [3.8, 4) is 5.75 Å². The van der Waals surface area contributed by atoms with Gasteiger partial charge in [0.25, 0.3) is 0 Å². The smallest absolute Gasteiger partial charge is 0.248 e. The highest BCUT2D eigenvalue weighted by molar-refractivity contribution is 7.89. The normalized spacial score (nSPS) is 15.6. The van der Waals surface area contributed by atoms with E-state index in [2.05, 4.69) is 10.5 Å². The monoisotopic (exact) mass is 485 g/mol. The maximum atomic E-state index is 13.4.